The molecule has 0 aromatic heterocycles. The molecule has 0 amide bonds. The lowest BCUT2D eigenvalue weighted by Crippen LogP contribution is -2.09. The number of carbonyl (C=O) groups is 2. The molecular formula is C27H38O5S. The van der Waals surface area contributed by atoms with E-state index in [1.807, 2.05) is 36.4 Å². The highest BCUT2D eigenvalue weighted by Gasteiger charge is 2.23. The third-order valence-electron chi connectivity index (χ3n) is 5.75. The van der Waals surface area contributed by atoms with Gasteiger partial charge in [-0.1, -0.05) is 88.6 Å². The summed E-state index contributed by atoms with van der Waals surface area (Å²) >= 11 is 1.38. The predicted molar refractivity (Wildman–Crippen MR) is 136 cm³/mol. The van der Waals surface area contributed by atoms with Crippen molar-refractivity contribution in [1.29, 1.82) is 0 Å². The molecule has 1 atom stereocenters. The molecule has 2 N–H and O–H groups in total. The summed E-state index contributed by atoms with van der Waals surface area (Å²) < 4.78 is 6.17. The van der Waals surface area contributed by atoms with Gasteiger partial charge in [-0.2, -0.15) is 11.8 Å². The second kappa shape index (κ2) is 15.6. The molecule has 6 heteroatoms. The zero-order valence-electron chi connectivity index (χ0n) is 19.8. The molecule has 0 radical (unpaired) electrons. The van der Waals surface area contributed by atoms with Gasteiger partial charge in [0, 0.05) is 16.6 Å². The first-order valence-corrected chi connectivity index (χ1v) is 13.3. The Kier molecular flexibility index (Phi) is 12.8. The van der Waals surface area contributed by atoms with Crippen LogP contribution < -0.4 is 4.74 Å². The molecule has 1 unspecified atom stereocenters. The van der Waals surface area contributed by atoms with E-state index in [2.05, 4.69) is 6.92 Å². The van der Waals surface area contributed by atoms with Gasteiger partial charge in [0.1, 0.15) is 5.75 Å². The van der Waals surface area contributed by atoms with Crippen LogP contribution in [0, 0.1) is 0 Å². The van der Waals surface area contributed by atoms with Gasteiger partial charge in [-0.3, -0.25) is 9.59 Å². The Morgan fingerprint density at radius 3 is 2.21 bits per heavy atom. The minimum Gasteiger partial charge on any atom is -0.493 e. The number of carboxylic acid groups (broad SMARTS) is 2. The maximum absolute atomic E-state index is 11.6. The third-order valence-corrected chi connectivity index (χ3v) is 7.00. The molecule has 33 heavy (non-hydrogen) atoms. The van der Waals surface area contributed by atoms with Gasteiger partial charge in [0.2, 0.25) is 0 Å². The maximum Gasteiger partial charge on any atom is 0.304 e. The highest BCUT2D eigenvalue weighted by atomic mass is 32.2. The lowest BCUT2D eigenvalue weighted by molar-refractivity contribution is -0.137. The fourth-order valence-corrected chi connectivity index (χ4v) is 5.27. The van der Waals surface area contributed by atoms with Crippen LogP contribution in [0.5, 0.6) is 5.75 Å². The molecular weight excluding hydrogens is 436 g/mol. The fraction of sp³-hybridized carbons (Fsp3) is 0.556. The number of unbranched alkanes of at least 4 members (excludes halogenated alkanes) is 8. The molecule has 0 aliphatic carbocycles. The number of hydrogen-bond acceptors (Lipinski definition) is 4. The van der Waals surface area contributed by atoms with Gasteiger partial charge < -0.3 is 14.9 Å². The molecule has 2 aromatic rings. The van der Waals surface area contributed by atoms with E-state index < -0.39 is 11.9 Å². The van der Waals surface area contributed by atoms with Gasteiger partial charge in [-0.15, -0.1) is 0 Å². The SMILES string of the molecule is CCCCCCCCCCCOc1ccc2ccccc2c1C(CC(=O)O)SCCC(=O)O. The average molecular weight is 475 g/mol. The molecule has 0 saturated heterocycles. The van der Waals surface area contributed by atoms with Crippen molar-refractivity contribution in [1.82, 2.24) is 0 Å². The highest BCUT2D eigenvalue weighted by molar-refractivity contribution is 7.99. The number of aliphatic carboxylic acids is 2. The molecule has 5 nitrogen and oxygen atoms in total. The van der Waals surface area contributed by atoms with Gasteiger partial charge in [-0.25, -0.2) is 0 Å². The molecule has 2 aromatic carbocycles. The van der Waals surface area contributed by atoms with Gasteiger partial charge in [-0.05, 0) is 23.3 Å². The molecule has 0 aliphatic rings. The topological polar surface area (TPSA) is 83.8 Å². The van der Waals surface area contributed by atoms with Crippen LogP contribution in [0.1, 0.15) is 88.4 Å². The Morgan fingerprint density at radius 1 is 0.879 bits per heavy atom. The first-order chi connectivity index (χ1) is 16.0. The molecule has 0 bridgehead atoms. The minimum absolute atomic E-state index is 0.000185. The van der Waals surface area contributed by atoms with Crippen LogP contribution in [-0.2, 0) is 9.59 Å². The van der Waals surface area contributed by atoms with Crippen LogP contribution in [0.4, 0.5) is 0 Å². The van der Waals surface area contributed by atoms with Crippen LogP contribution in [0.15, 0.2) is 36.4 Å². The number of thioether (sulfide) groups is 1. The van der Waals surface area contributed by atoms with Crippen molar-refractivity contribution in [3.05, 3.63) is 42.0 Å². The van der Waals surface area contributed by atoms with Crippen molar-refractivity contribution in [2.75, 3.05) is 12.4 Å². The van der Waals surface area contributed by atoms with E-state index in [1.165, 1.54) is 56.7 Å². The first-order valence-electron chi connectivity index (χ1n) is 12.2. The van der Waals surface area contributed by atoms with E-state index in [0.717, 1.165) is 29.2 Å². The number of fused-ring (bicyclic) bond motifs is 1. The van der Waals surface area contributed by atoms with Crippen LogP contribution >= 0.6 is 11.8 Å². The van der Waals surface area contributed by atoms with Gasteiger partial charge in [0.15, 0.2) is 0 Å². The zero-order chi connectivity index (χ0) is 23.9. The van der Waals surface area contributed by atoms with Gasteiger partial charge >= 0.3 is 11.9 Å². The molecule has 182 valence electrons. The largest absolute Gasteiger partial charge is 0.493 e. The minimum atomic E-state index is -0.902. The van der Waals surface area contributed by atoms with Crippen molar-refractivity contribution in [2.24, 2.45) is 0 Å². The summed E-state index contributed by atoms with van der Waals surface area (Å²) in [4.78, 5) is 22.6. The van der Waals surface area contributed by atoms with Crippen molar-refractivity contribution < 1.29 is 24.5 Å². The Labute approximate surface area is 201 Å². The maximum atomic E-state index is 11.6. The van der Waals surface area contributed by atoms with E-state index in [-0.39, 0.29) is 18.1 Å². The van der Waals surface area contributed by atoms with Gasteiger partial charge in [0.05, 0.1) is 19.4 Å². The van der Waals surface area contributed by atoms with Crippen LogP contribution in [0.3, 0.4) is 0 Å². The van der Waals surface area contributed by atoms with E-state index in [9.17, 15) is 14.7 Å². The lowest BCUT2D eigenvalue weighted by Gasteiger charge is -2.21. The van der Waals surface area contributed by atoms with E-state index in [0.29, 0.717) is 18.1 Å². The Balaban J connectivity index is 2.02. The summed E-state index contributed by atoms with van der Waals surface area (Å²) in [5.74, 6) is -0.715. The number of carboxylic acids is 2. The summed E-state index contributed by atoms with van der Waals surface area (Å²) in [6, 6.07) is 11.8. The predicted octanol–water partition coefficient (Wildman–Crippen LogP) is 7.47. The summed E-state index contributed by atoms with van der Waals surface area (Å²) in [6.45, 7) is 2.83. The van der Waals surface area contributed by atoms with Crippen molar-refractivity contribution >= 4 is 34.5 Å². The molecule has 0 saturated carbocycles. The fourth-order valence-electron chi connectivity index (χ4n) is 4.02. The summed E-state index contributed by atoms with van der Waals surface area (Å²) in [7, 11) is 0. The number of benzene rings is 2. The number of hydrogen-bond donors (Lipinski definition) is 2. The summed E-state index contributed by atoms with van der Waals surface area (Å²) in [5, 5.41) is 20.1. The van der Waals surface area contributed by atoms with E-state index in [1.54, 1.807) is 0 Å². The molecule has 0 spiro atoms. The summed E-state index contributed by atoms with van der Waals surface area (Å²) in [5.41, 5.74) is 0.863. The lowest BCUT2D eigenvalue weighted by atomic mass is 9.99. The van der Waals surface area contributed by atoms with Crippen LogP contribution in [-0.4, -0.2) is 34.5 Å². The second-order valence-electron chi connectivity index (χ2n) is 8.48. The Hall–Kier alpha value is -2.21. The van der Waals surface area contributed by atoms with Crippen molar-refractivity contribution in [3.8, 4) is 5.75 Å². The molecule has 0 fully saturated rings. The average Bonchev–Trinajstić information content (AvgIpc) is 2.79. The van der Waals surface area contributed by atoms with Gasteiger partial charge in [0.25, 0.3) is 0 Å². The van der Waals surface area contributed by atoms with E-state index in [4.69, 9.17) is 9.84 Å². The Bertz CT molecular complexity index is 867. The number of ether oxygens (including phenoxy) is 1. The first kappa shape index (κ1) is 27.0. The molecule has 0 aliphatic heterocycles. The Morgan fingerprint density at radius 2 is 1.55 bits per heavy atom. The quantitative estimate of drug-likeness (QED) is 0.218. The summed E-state index contributed by atoms with van der Waals surface area (Å²) in [6.07, 6.45) is 11.1. The third kappa shape index (κ3) is 10.1. The molecule has 2 rings (SSSR count). The van der Waals surface area contributed by atoms with Crippen LogP contribution in [0.2, 0.25) is 0 Å². The standard InChI is InChI=1S/C27H38O5S/c1-2-3-4-5-6-7-8-9-12-18-32-23-16-15-21-13-10-11-14-22(21)27(23)24(20-26(30)31)33-19-17-25(28)29/h10-11,13-16,24H,2-9,12,17-20H2,1H3,(H,28,29)(H,30,31). The number of rotatable bonds is 18. The van der Waals surface area contributed by atoms with Crippen LogP contribution in [0.25, 0.3) is 10.8 Å². The monoisotopic (exact) mass is 474 g/mol. The second-order valence-corrected chi connectivity index (χ2v) is 9.79. The van der Waals surface area contributed by atoms with E-state index >= 15 is 0 Å². The van der Waals surface area contributed by atoms with Crippen molar-refractivity contribution in [2.45, 2.75) is 82.8 Å². The molecule has 0 heterocycles. The van der Waals surface area contributed by atoms with Crippen molar-refractivity contribution in [3.63, 3.8) is 0 Å². The highest BCUT2D eigenvalue weighted by Crippen LogP contribution is 2.42. The smallest absolute Gasteiger partial charge is 0.304 e. The zero-order valence-corrected chi connectivity index (χ0v) is 20.6. The normalized spacial score (nSPS) is 12.0.